The molecule has 0 aromatic rings. The minimum absolute atomic E-state index is 0.155. The molecular formula is C12H28N2O. The Morgan fingerprint density at radius 1 is 1.33 bits per heavy atom. The Hall–Kier alpha value is -0.120. The first-order valence-corrected chi connectivity index (χ1v) is 5.94. The zero-order valence-electron chi connectivity index (χ0n) is 11.2. The van der Waals surface area contributed by atoms with Crippen LogP contribution < -0.4 is 5.32 Å². The fourth-order valence-electron chi connectivity index (χ4n) is 1.92. The summed E-state index contributed by atoms with van der Waals surface area (Å²) >= 11 is 0. The molecule has 92 valence electrons. The van der Waals surface area contributed by atoms with Crippen LogP contribution in [0.15, 0.2) is 0 Å². The lowest BCUT2D eigenvalue weighted by atomic mass is 9.93. The van der Waals surface area contributed by atoms with Crippen LogP contribution in [0, 0.1) is 0 Å². The SMILES string of the molecule is CCNC(C)(CO)CC(C)N(C)C(C)C. The first-order chi connectivity index (χ1) is 6.86. The fourth-order valence-corrected chi connectivity index (χ4v) is 1.92. The van der Waals surface area contributed by atoms with E-state index >= 15 is 0 Å². The van der Waals surface area contributed by atoms with Crippen LogP contribution in [0.3, 0.4) is 0 Å². The molecule has 0 bridgehead atoms. The van der Waals surface area contributed by atoms with E-state index < -0.39 is 0 Å². The van der Waals surface area contributed by atoms with Gasteiger partial charge in [0.15, 0.2) is 0 Å². The number of rotatable bonds is 7. The largest absolute Gasteiger partial charge is 0.394 e. The maximum absolute atomic E-state index is 9.40. The molecule has 0 aromatic heterocycles. The lowest BCUT2D eigenvalue weighted by molar-refractivity contribution is 0.115. The molecule has 0 heterocycles. The smallest absolute Gasteiger partial charge is 0.0611 e. The summed E-state index contributed by atoms with van der Waals surface area (Å²) in [4.78, 5) is 2.34. The third-order valence-corrected chi connectivity index (χ3v) is 3.21. The van der Waals surface area contributed by atoms with Crippen molar-refractivity contribution in [3.8, 4) is 0 Å². The summed E-state index contributed by atoms with van der Waals surface area (Å²) in [5.41, 5.74) is -0.155. The Kier molecular flexibility index (Phi) is 6.41. The van der Waals surface area contributed by atoms with Crippen molar-refractivity contribution in [1.82, 2.24) is 10.2 Å². The number of likely N-dealkylation sites (N-methyl/N-ethyl adjacent to an activating group) is 1. The minimum atomic E-state index is -0.155. The van der Waals surface area contributed by atoms with Gasteiger partial charge in [0.1, 0.15) is 0 Å². The molecule has 0 aliphatic carbocycles. The Bertz CT molecular complexity index is 173. The summed E-state index contributed by atoms with van der Waals surface area (Å²) < 4.78 is 0. The van der Waals surface area contributed by atoms with Gasteiger partial charge >= 0.3 is 0 Å². The number of aliphatic hydroxyl groups excluding tert-OH is 1. The van der Waals surface area contributed by atoms with E-state index in [1.54, 1.807) is 0 Å². The molecule has 2 atom stereocenters. The molecule has 0 radical (unpaired) electrons. The van der Waals surface area contributed by atoms with Gasteiger partial charge in [-0.15, -0.1) is 0 Å². The van der Waals surface area contributed by atoms with Crippen molar-refractivity contribution < 1.29 is 5.11 Å². The van der Waals surface area contributed by atoms with Crippen molar-refractivity contribution in [1.29, 1.82) is 0 Å². The van der Waals surface area contributed by atoms with Crippen LogP contribution in [0.1, 0.15) is 41.0 Å². The quantitative estimate of drug-likeness (QED) is 0.676. The third-order valence-electron chi connectivity index (χ3n) is 3.21. The zero-order valence-corrected chi connectivity index (χ0v) is 11.2. The molecule has 0 aliphatic heterocycles. The summed E-state index contributed by atoms with van der Waals surface area (Å²) in [7, 11) is 2.14. The van der Waals surface area contributed by atoms with Crippen molar-refractivity contribution >= 4 is 0 Å². The molecule has 2 N–H and O–H groups in total. The molecule has 0 aliphatic rings. The first kappa shape index (κ1) is 14.9. The Labute approximate surface area is 94.9 Å². The van der Waals surface area contributed by atoms with Gasteiger partial charge in [-0.2, -0.15) is 0 Å². The first-order valence-electron chi connectivity index (χ1n) is 5.94. The second-order valence-corrected chi connectivity index (χ2v) is 5.06. The predicted molar refractivity (Wildman–Crippen MR) is 66.1 cm³/mol. The van der Waals surface area contributed by atoms with Gasteiger partial charge in [-0.05, 0) is 47.7 Å². The molecule has 0 spiro atoms. The van der Waals surface area contributed by atoms with E-state index in [-0.39, 0.29) is 12.1 Å². The zero-order chi connectivity index (χ0) is 12.1. The standard InChI is InChI=1S/C12H28N2O/c1-7-13-12(5,9-15)8-11(4)14(6)10(2)3/h10-11,13,15H,7-9H2,1-6H3. The molecule has 0 aromatic carbocycles. The van der Waals surface area contributed by atoms with Gasteiger partial charge in [0.05, 0.1) is 6.61 Å². The summed E-state index contributed by atoms with van der Waals surface area (Å²) in [6, 6.07) is 1.02. The van der Waals surface area contributed by atoms with E-state index in [1.807, 2.05) is 0 Å². The highest BCUT2D eigenvalue weighted by Crippen LogP contribution is 2.16. The van der Waals surface area contributed by atoms with Crippen molar-refractivity contribution in [3.05, 3.63) is 0 Å². The average molecular weight is 216 g/mol. The topological polar surface area (TPSA) is 35.5 Å². The number of nitrogens with one attached hydrogen (secondary N) is 1. The van der Waals surface area contributed by atoms with E-state index in [0.717, 1.165) is 13.0 Å². The highest BCUT2D eigenvalue weighted by atomic mass is 16.3. The van der Waals surface area contributed by atoms with Gasteiger partial charge in [-0.3, -0.25) is 0 Å². The third kappa shape index (κ3) is 4.96. The average Bonchev–Trinajstić information content (AvgIpc) is 2.16. The molecule has 2 unspecified atom stereocenters. The fraction of sp³-hybridized carbons (Fsp3) is 1.00. The van der Waals surface area contributed by atoms with Crippen LogP contribution >= 0.6 is 0 Å². The highest BCUT2D eigenvalue weighted by Gasteiger charge is 2.26. The summed E-state index contributed by atoms with van der Waals surface area (Å²) in [5, 5.41) is 12.8. The molecule has 0 amide bonds. The molecular weight excluding hydrogens is 188 g/mol. The minimum Gasteiger partial charge on any atom is -0.394 e. The lowest BCUT2D eigenvalue weighted by Crippen LogP contribution is -2.50. The van der Waals surface area contributed by atoms with Gasteiger partial charge in [0.25, 0.3) is 0 Å². The summed E-state index contributed by atoms with van der Waals surface area (Å²) in [6.45, 7) is 11.9. The predicted octanol–water partition coefficient (Wildman–Crippen LogP) is 1.47. The summed E-state index contributed by atoms with van der Waals surface area (Å²) in [6.07, 6.45) is 0.964. The van der Waals surface area contributed by atoms with Gasteiger partial charge in [-0.25, -0.2) is 0 Å². The van der Waals surface area contributed by atoms with Crippen molar-refractivity contribution in [2.75, 3.05) is 20.2 Å². The van der Waals surface area contributed by atoms with E-state index in [1.165, 1.54) is 0 Å². The molecule has 0 fully saturated rings. The van der Waals surface area contributed by atoms with E-state index in [2.05, 4.69) is 51.9 Å². The van der Waals surface area contributed by atoms with Crippen LogP contribution in [0.4, 0.5) is 0 Å². The van der Waals surface area contributed by atoms with E-state index in [9.17, 15) is 5.11 Å². The van der Waals surface area contributed by atoms with Crippen molar-refractivity contribution in [2.45, 2.75) is 58.7 Å². The van der Waals surface area contributed by atoms with Gasteiger partial charge in [0.2, 0.25) is 0 Å². The second kappa shape index (κ2) is 6.46. The molecule has 0 rings (SSSR count). The number of aliphatic hydroxyl groups is 1. The molecule has 0 saturated carbocycles. The van der Waals surface area contributed by atoms with Gasteiger partial charge < -0.3 is 15.3 Å². The van der Waals surface area contributed by atoms with Crippen LogP contribution in [0.5, 0.6) is 0 Å². The van der Waals surface area contributed by atoms with Crippen molar-refractivity contribution in [2.24, 2.45) is 0 Å². The van der Waals surface area contributed by atoms with Crippen molar-refractivity contribution in [3.63, 3.8) is 0 Å². The van der Waals surface area contributed by atoms with E-state index in [0.29, 0.717) is 12.1 Å². The van der Waals surface area contributed by atoms with Crippen LogP contribution in [0.25, 0.3) is 0 Å². The Morgan fingerprint density at radius 2 is 1.87 bits per heavy atom. The Morgan fingerprint density at radius 3 is 2.20 bits per heavy atom. The monoisotopic (exact) mass is 216 g/mol. The van der Waals surface area contributed by atoms with E-state index in [4.69, 9.17) is 0 Å². The van der Waals surface area contributed by atoms with Crippen LogP contribution in [-0.4, -0.2) is 47.8 Å². The second-order valence-electron chi connectivity index (χ2n) is 5.06. The molecule has 3 nitrogen and oxygen atoms in total. The lowest BCUT2D eigenvalue weighted by Gasteiger charge is -2.36. The van der Waals surface area contributed by atoms with Crippen LogP contribution in [0.2, 0.25) is 0 Å². The Balaban J connectivity index is 4.28. The van der Waals surface area contributed by atoms with Gasteiger partial charge in [-0.1, -0.05) is 6.92 Å². The highest BCUT2D eigenvalue weighted by molar-refractivity contribution is 4.86. The maximum atomic E-state index is 9.40. The number of nitrogens with zero attached hydrogens (tertiary/aromatic N) is 1. The maximum Gasteiger partial charge on any atom is 0.0611 e. The number of hydrogen-bond donors (Lipinski definition) is 2. The normalized spacial score (nSPS) is 18.2. The molecule has 3 heteroatoms. The molecule has 15 heavy (non-hydrogen) atoms. The summed E-state index contributed by atoms with van der Waals surface area (Å²) in [5.74, 6) is 0. The van der Waals surface area contributed by atoms with Gasteiger partial charge in [0, 0.05) is 17.6 Å². The number of hydrogen-bond acceptors (Lipinski definition) is 3. The van der Waals surface area contributed by atoms with Crippen LogP contribution in [-0.2, 0) is 0 Å². The molecule has 0 saturated heterocycles.